The van der Waals surface area contributed by atoms with E-state index in [-0.39, 0.29) is 0 Å². The van der Waals surface area contributed by atoms with Gasteiger partial charge in [0, 0.05) is 25.6 Å². The zero-order valence-electron chi connectivity index (χ0n) is 8.20. The molecule has 1 aliphatic carbocycles. The summed E-state index contributed by atoms with van der Waals surface area (Å²) in [5.74, 6) is 1.59. The van der Waals surface area contributed by atoms with Crippen LogP contribution in [0.5, 0.6) is 0 Å². The predicted octanol–water partition coefficient (Wildman–Crippen LogP) is 0.592. The van der Waals surface area contributed by atoms with E-state index in [4.69, 9.17) is 5.73 Å². The summed E-state index contributed by atoms with van der Waals surface area (Å²) in [6.45, 7) is 3.81. The van der Waals surface area contributed by atoms with Gasteiger partial charge in [0.05, 0.1) is 0 Å². The lowest BCUT2D eigenvalue weighted by Gasteiger charge is -2.17. The highest BCUT2D eigenvalue weighted by atomic mass is 16.2. The molecule has 13 heavy (non-hydrogen) atoms. The van der Waals surface area contributed by atoms with Gasteiger partial charge in [-0.1, -0.05) is 6.92 Å². The molecule has 0 aromatic rings. The number of fused-ring (bicyclic) bond motifs is 1. The lowest BCUT2D eigenvalue weighted by atomic mass is 9.98. The molecule has 0 spiro atoms. The lowest BCUT2D eigenvalue weighted by Crippen LogP contribution is -2.33. The van der Waals surface area contributed by atoms with Crippen LogP contribution in [0.15, 0.2) is 0 Å². The van der Waals surface area contributed by atoms with Gasteiger partial charge in [-0.3, -0.25) is 4.79 Å². The number of hydrogen-bond acceptors (Lipinski definition) is 2. The number of carbonyl (C=O) groups excluding carboxylic acids is 1. The van der Waals surface area contributed by atoms with Gasteiger partial charge in [-0.25, -0.2) is 0 Å². The molecule has 1 amide bonds. The molecule has 0 aromatic carbocycles. The Hall–Kier alpha value is -0.570. The van der Waals surface area contributed by atoms with Crippen molar-refractivity contribution < 1.29 is 4.79 Å². The molecule has 0 radical (unpaired) electrons. The van der Waals surface area contributed by atoms with E-state index >= 15 is 0 Å². The number of nitrogens with zero attached hydrogens (tertiary/aromatic N) is 1. The third-order valence-corrected chi connectivity index (χ3v) is 3.57. The number of nitrogens with two attached hydrogens (primary N) is 1. The fourth-order valence-electron chi connectivity index (χ4n) is 2.73. The second-order valence-corrected chi connectivity index (χ2v) is 4.32. The Balaban J connectivity index is 1.98. The van der Waals surface area contributed by atoms with Crippen molar-refractivity contribution in [2.24, 2.45) is 17.6 Å². The van der Waals surface area contributed by atoms with E-state index in [9.17, 15) is 4.79 Å². The third-order valence-electron chi connectivity index (χ3n) is 3.57. The van der Waals surface area contributed by atoms with E-state index in [2.05, 4.69) is 0 Å². The van der Waals surface area contributed by atoms with Gasteiger partial charge < -0.3 is 10.6 Å². The summed E-state index contributed by atoms with van der Waals surface area (Å²) in [5, 5.41) is 0. The Morgan fingerprint density at radius 2 is 2.23 bits per heavy atom. The highest BCUT2D eigenvalue weighted by Gasteiger charge is 2.41. The van der Waals surface area contributed by atoms with E-state index in [1.165, 1.54) is 6.42 Å². The SMILES string of the molecule is CCC(=O)N1CC2CCC(N)C2C1. The van der Waals surface area contributed by atoms with Gasteiger partial charge in [0.2, 0.25) is 5.91 Å². The van der Waals surface area contributed by atoms with Gasteiger partial charge in [0.1, 0.15) is 0 Å². The smallest absolute Gasteiger partial charge is 0.222 e. The van der Waals surface area contributed by atoms with E-state index in [1.807, 2.05) is 11.8 Å². The number of likely N-dealkylation sites (tertiary alicyclic amines) is 1. The number of rotatable bonds is 1. The number of hydrogen-bond donors (Lipinski definition) is 1. The van der Waals surface area contributed by atoms with Crippen LogP contribution in [0.3, 0.4) is 0 Å². The first kappa shape index (κ1) is 9.00. The largest absolute Gasteiger partial charge is 0.342 e. The molecule has 3 atom stereocenters. The van der Waals surface area contributed by atoms with Crippen molar-refractivity contribution in [3.8, 4) is 0 Å². The molecule has 1 saturated heterocycles. The van der Waals surface area contributed by atoms with E-state index < -0.39 is 0 Å². The summed E-state index contributed by atoms with van der Waals surface area (Å²) in [5.41, 5.74) is 5.99. The first-order valence-electron chi connectivity index (χ1n) is 5.25. The van der Waals surface area contributed by atoms with Crippen molar-refractivity contribution in [3.05, 3.63) is 0 Å². The molecule has 0 bridgehead atoms. The van der Waals surface area contributed by atoms with Gasteiger partial charge in [-0.2, -0.15) is 0 Å². The number of amides is 1. The van der Waals surface area contributed by atoms with Crippen molar-refractivity contribution in [2.45, 2.75) is 32.2 Å². The zero-order valence-corrected chi connectivity index (χ0v) is 8.20. The van der Waals surface area contributed by atoms with Crippen LogP contribution in [0.25, 0.3) is 0 Å². The van der Waals surface area contributed by atoms with Crippen molar-refractivity contribution in [1.29, 1.82) is 0 Å². The first-order chi connectivity index (χ1) is 6.22. The average molecular weight is 182 g/mol. The van der Waals surface area contributed by atoms with Crippen LogP contribution < -0.4 is 5.73 Å². The standard InChI is InChI=1S/C10H18N2O/c1-2-10(13)12-5-7-3-4-9(11)8(7)6-12/h7-9H,2-6,11H2,1H3. The molecular formula is C10H18N2O. The van der Waals surface area contributed by atoms with Crippen LogP contribution in [0, 0.1) is 11.8 Å². The van der Waals surface area contributed by atoms with Crippen molar-refractivity contribution >= 4 is 5.91 Å². The van der Waals surface area contributed by atoms with Gasteiger partial charge >= 0.3 is 0 Å². The molecule has 3 nitrogen and oxygen atoms in total. The van der Waals surface area contributed by atoms with E-state index in [0.717, 1.165) is 19.5 Å². The molecule has 2 rings (SSSR count). The van der Waals surface area contributed by atoms with Gasteiger partial charge in [0.25, 0.3) is 0 Å². The van der Waals surface area contributed by atoms with Crippen LogP contribution >= 0.6 is 0 Å². The molecule has 0 aromatic heterocycles. The van der Waals surface area contributed by atoms with Crippen molar-refractivity contribution in [3.63, 3.8) is 0 Å². The second kappa shape index (κ2) is 3.29. The van der Waals surface area contributed by atoms with Crippen LogP contribution in [-0.4, -0.2) is 29.9 Å². The highest BCUT2D eigenvalue weighted by molar-refractivity contribution is 5.76. The Bertz CT molecular complexity index is 217. The molecule has 2 fully saturated rings. The zero-order chi connectivity index (χ0) is 9.42. The number of carbonyl (C=O) groups is 1. The Morgan fingerprint density at radius 3 is 2.85 bits per heavy atom. The average Bonchev–Trinajstić information content (AvgIpc) is 2.67. The molecule has 2 N–H and O–H groups in total. The highest BCUT2D eigenvalue weighted by Crippen LogP contribution is 2.37. The van der Waals surface area contributed by atoms with Crippen LogP contribution in [-0.2, 0) is 4.79 Å². The Morgan fingerprint density at radius 1 is 1.46 bits per heavy atom. The summed E-state index contributed by atoms with van der Waals surface area (Å²) in [4.78, 5) is 13.4. The summed E-state index contributed by atoms with van der Waals surface area (Å²) in [6, 6.07) is 0.347. The van der Waals surface area contributed by atoms with E-state index in [0.29, 0.717) is 30.2 Å². The lowest BCUT2D eigenvalue weighted by molar-refractivity contribution is -0.130. The molecule has 1 heterocycles. The quantitative estimate of drug-likeness (QED) is 0.645. The minimum Gasteiger partial charge on any atom is -0.342 e. The summed E-state index contributed by atoms with van der Waals surface area (Å²) >= 11 is 0. The molecular weight excluding hydrogens is 164 g/mol. The normalized spacial score (nSPS) is 38.0. The van der Waals surface area contributed by atoms with E-state index in [1.54, 1.807) is 0 Å². The second-order valence-electron chi connectivity index (χ2n) is 4.32. The minimum absolute atomic E-state index is 0.293. The Labute approximate surface area is 79.3 Å². The summed E-state index contributed by atoms with van der Waals surface area (Å²) in [7, 11) is 0. The third kappa shape index (κ3) is 1.46. The molecule has 3 heteroatoms. The maximum atomic E-state index is 11.4. The molecule has 1 saturated carbocycles. The van der Waals surface area contributed by atoms with Crippen molar-refractivity contribution in [2.75, 3.05) is 13.1 Å². The topological polar surface area (TPSA) is 46.3 Å². The molecule has 2 aliphatic rings. The molecule has 74 valence electrons. The molecule has 1 aliphatic heterocycles. The first-order valence-corrected chi connectivity index (χ1v) is 5.25. The van der Waals surface area contributed by atoms with Crippen LogP contribution in [0.2, 0.25) is 0 Å². The molecule has 3 unspecified atom stereocenters. The Kier molecular flexibility index (Phi) is 2.28. The van der Waals surface area contributed by atoms with Gasteiger partial charge in [0.15, 0.2) is 0 Å². The fraction of sp³-hybridized carbons (Fsp3) is 0.900. The minimum atomic E-state index is 0.293. The maximum absolute atomic E-state index is 11.4. The van der Waals surface area contributed by atoms with Gasteiger partial charge in [-0.15, -0.1) is 0 Å². The van der Waals surface area contributed by atoms with Crippen LogP contribution in [0.1, 0.15) is 26.2 Å². The van der Waals surface area contributed by atoms with Crippen LogP contribution in [0.4, 0.5) is 0 Å². The maximum Gasteiger partial charge on any atom is 0.222 e. The summed E-state index contributed by atoms with van der Waals surface area (Å²) < 4.78 is 0. The monoisotopic (exact) mass is 182 g/mol. The van der Waals surface area contributed by atoms with Crippen molar-refractivity contribution in [1.82, 2.24) is 4.90 Å². The summed E-state index contributed by atoms with van der Waals surface area (Å²) in [6.07, 6.45) is 3.01. The predicted molar refractivity (Wildman–Crippen MR) is 51.1 cm³/mol. The fourth-order valence-corrected chi connectivity index (χ4v) is 2.73. The van der Waals surface area contributed by atoms with Gasteiger partial charge in [-0.05, 0) is 24.7 Å².